The van der Waals surface area contributed by atoms with Gasteiger partial charge in [0, 0.05) is 18.4 Å². The van der Waals surface area contributed by atoms with Gasteiger partial charge < -0.3 is 15.7 Å². The summed E-state index contributed by atoms with van der Waals surface area (Å²) < 4.78 is 0. The Morgan fingerprint density at radius 2 is 1.79 bits per heavy atom. The van der Waals surface area contributed by atoms with Crippen molar-refractivity contribution in [3.63, 3.8) is 0 Å². The molecular formula is C19H28N2O3. The number of aliphatic hydroxyl groups excluding tert-OH is 1. The maximum Gasteiger partial charge on any atom is 0.223 e. The highest BCUT2D eigenvalue weighted by molar-refractivity contribution is 5.81. The lowest BCUT2D eigenvalue weighted by Gasteiger charge is -2.23. The van der Waals surface area contributed by atoms with E-state index in [-0.39, 0.29) is 36.8 Å². The fourth-order valence-electron chi connectivity index (χ4n) is 3.23. The number of aliphatic hydroxyl groups is 1. The number of hydrogen-bond donors (Lipinski definition) is 3. The molecule has 2 unspecified atom stereocenters. The first-order valence-electron chi connectivity index (χ1n) is 8.85. The minimum Gasteiger partial charge on any atom is -0.394 e. The van der Waals surface area contributed by atoms with E-state index in [1.165, 1.54) is 6.42 Å². The molecule has 3 N–H and O–H groups in total. The topological polar surface area (TPSA) is 78.4 Å². The van der Waals surface area contributed by atoms with E-state index in [4.69, 9.17) is 0 Å². The van der Waals surface area contributed by atoms with Crippen LogP contribution in [-0.2, 0) is 9.59 Å². The summed E-state index contributed by atoms with van der Waals surface area (Å²) in [5.41, 5.74) is 0.868. The van der Waals surface area contributed by atoms with Crippen molar-refractivity contribution in [2.45, 2.75) is 57.5 Å². The fraction of sp³-hybridized carbons (Fsp3) is 0.579. The van der Waals surface area contributed by atoms with Crippen molar-refractivity contribution >= 4 is 11.8 Å². The van der Waals surface area contributed by atoms with E-state index < -0.39 is 6.04 Å². The van der Waals surface area contributed by atoms with E-state index in [2.05, 4.69) is 10.6 Å². The number of carbonyl (C=O) groups is 2. The van der Waals surface area contributed by atoms with Crippen molar-refractivity contribution in [3.8, 4) is 0 Å². The summed E-state index contributed by atoms with van der Waals surface area (Å²) in [7, 11) is 0. The first-order chi connectivity index (χ1) is 11.6. The second-order valence-corrected chi connectivity index (χ2v) is 6.66. The Hall–Kier alpha value is -1.88. The Balaban J connectivity index is 1.79. The van der Waals surface area contributed by atoms with Crippen molar-refractivity contribution in [2.75, 3.05) is 6.61 Å². The van der Waals surface area contributed by atoms with Gasteiger partial charge in [-0.2, -0.15) is 0 Å². The Morgan fingerprint density at radius 3 is 2.42 bits per heavy atom. The van der Waals surface area contributed by atoms with Gasteiger partial charge in [-0.1, -0.05) is 49.6 Å². The third-order valence-corrected chi connectivity index (χ3v) is 4.58. The van der Waals surface area contributed by atoms with E-state index in [9.17, 15) is 14.7 Å². The van der Waals surface area contributed by atoms with Gasteiger partial charge in [-0.25, -0.2) is 0 Å². The molecule has 1 saturated carbocycles. The highest BCUT2D eigenvalue weighted by Crippen LogP contribution is 2.23. The van der Waals surface area contributed by atoms with Crippen LogP contribution in [0.4, 0.5) is 0 Å². The van der Waals surface area contributed by atoms with Crippen LogP contribution in [0.3, 0.4) is 0 Å². The number of carbonyl (C=O) groups excluding carboxylic acids is 2. The maximum atomic E-state index is 12.2. The normalized spacial score (nSPS) is 17.8. The molecule has 2 atom stereocenters. The summed E-state index contributed by atoms with van der Waals surface area (Å²) >= 11 is 0. The average Bonchev–Trinajstić information content (AvgIpc) is 2.61. The fourth-order valence-corrected chi connectivity index (χ4v) is 3.23. The van der Waals surface area contributed by atoms with Gasteiger partial charge in [-0.3, -0.25) is 9.59 Å². The Morgan fingerprint density at radius 1 is 1.12 bits per heavy atom. The largest absolute Gasteiger partial charge is 0.394 e. The van der Waals surface area contributed by atoms with Gasteiger partial charge in [0.1, 0.15) is 0 Å². The van der Waals surface area contributed by atoms with E-state index in [0.29, 0.717) is 0 Å². The molecule has 0 spiro atoms. The third-order valence-electron chi connectivity index (χ3n) is 4.58. The van der Waals surface area contributed by atoms with Crippen LogP contribution >= 0.6 is 0 Å². The van der Waals surface area contributed by atoms with Gasteiger partial charge in [0.2, 0.25) is 11.8 Å². The average molecular weight is 332 g/mol. The monoisotopic (exact) mass is 332 g/mol. The lowest BCUT2D eigenvalue weighted by atomic mass is 9.88. The van der Waals surface area contributed by atoms with E-state index in [1.54, 1.807) is 0 Å². The van der Waals surface area contributed by atoms with E-state index >= 15 is 0 Å². The summed E-state index contributed by atoms with van der Waals surface area (Å²) in [4.78, 5) is 24.4. The summed E-state index contributed by atoms with van der Waals surface area (Å²) in [5, 5.41) is 15.3. The van der Waals surface area contributed by atoms with Crippen molar-refractivity contribution < 1.29 is 14.7 Å². The summed E-state index contributed by atoms with van der Waals surface area (Å²) in [6, 6.07) is 8.75. The van der Waals surface area contributed by atoms with Gasteiger partial charge in [0.25, 0.3) is 0 Å². The lowest BCUT2D eigenvalue weighted by molar-refractivity contribution is -0.127. The van der Waals surface area contributed by atoms with Crippen LogP contribution in [0.2, 0.25) is 0 Å². The zero-order valence-electron chi connectivity index (χ0n) is 14.3. The van der Waals surface area contributed by atoms with Crippen LogP contribution in [0.1, 0.15) is 57.1 Å². The molecule has 2 amide bonds. The first-order valence-corrected chi connectivity index (χ1v) is 8.85. The maximum absolute atomic E-state index is 12.2. The van der Waals surface area contributed by atoms with Gasteiger partial charge in [-0.15, -0.1) is 0 Å². The van der Waals surface area contributed by atoms with Crippen molar-refractivity contribution in [3.05, 3.63) is 35.9 Å². The second-order valence-electron chi connectivity index (χ2n) is 6.66. The molecule has 0 aliphatic heterocycles. The van der Waals surface area contributed by atoms with Gasteiger partial charge in [0.15, 0.2) is 0 Å². The zero-order valence-corrected chi connectivity index (χ0v) is 14.3. The molecule has 0 aromatic heterocycles. The van der Waals surface area contributed by atoms with Crippen LogP contribution in [0.5, 0.6) is 0 Å². The van der Waals surface area contributed by atoms with Crippen molar-refractivity contribution in [1.82, 2.24) is 10.6 Å². The molecule has 1 aromatic carbocycles. The molecule has 2 rings (SSSR count). The quantitative estimate of drug-likeness (QED) is 0.717. The SMILES string of the molecule is CC(CC(=O)NC(CO)c1ccccc1)NC(=O)C1CCCCC1. The van der Waals surface area contributed by atoms with Crippen LogP contribution in [0.25, 0.3) is 0 Å². The Labute approximate surface area is 143 Å². The predicted molar refractivity (Wildman–Crippen MR) is 93.2 cm³/mol. The highest BCUT2D eigenvalue weighted by atomic mass is 16.3. The number of hydrogen-bond acceptors (Lipinski definition) is 3. The van der Waals surface area contributed by atoms with Gasteiger partial charge >= 0.3 is 0 Å². The first kappa shape index (κ1) is 18.5. The van der Waals surface area contributed by atoms with Crippen LogP contribution < -0.4 is 10.6 Å². The molecule has 132 valence electrons. The van der Waals surface area contributed by atoms with Gasteiger partial charge in [0.05, 0.1) is 12.6 Å². The van der Waals surface area contributed by atoms with Crippen molar-refractivity contribution in [1.29, 1.82) is 0 Å². The Bertz CT molecular complexity index is 527. The molecular weight excluding hydrogens is 304 g/mol. The smallest absolute Gasteiger partial charge is 0.223 e. The number of amides is 2. The molecule has 1 aliphatic rings. The van der Waals surface area contributed by atoms with E-state index in [1.807, 2.05) is 37.3 Å². The lowest BCUT2D eigenvalue weighted by Crippen LogP contribution is -2.41. The minimum absolute atomic E-state index is 0.0665. The highest BCUT2D eigenvalue weighted by Gasteiger charge is 2.23. The minimum atomic E-state index is -0.417. The van der Waals surface area contributed by atoms with Crippen LogP contribution in [0, 0.1) is 5.92 Å². The summed E-state index contributed by atoms with van der Waals surface area (Å²) in [6.07, 6.45) is 5.55. The molecule has 1 aromatic rings. The van der Waals surface area contributed by atoms with E-state index in [0.717, 1.165) is 31.2 Å². The summed E-state index contributed by atoms with van der Waals surface area (Å²) in [5.74, 6) is -0.00937. The Kier molecular flexibility index (Phi) is 7.25. The number of rotatable bonds is 7. The molecule has 5 heteroatoms. The molecule has 0 radical (unpaired) electrons. The van der Waals surface area contributed by atoms with Gasteiger partial charge in [-0.05, 0) is 25.3 Å². The van der Waals surface area contributed by atoms with Crippen LogP contribution in [0.15, 0.2) is 30.3 Å². The molecule has 24 heavy (non-hydrogen) atoms. The molecule has 0 heterocycles. The molecule has 0 saturated heterocycles. The van der Waals surface area contributed by atoms with Crippen molar-refractivity contribution in [2.24, 2.45) is 5.92 Å². The molecule has 5 nitrogen and oxygen atoms in total. The summed E-state index contributed by atoms with van der Waals surface area (Å²) in [6.45, 7) is 1.69. The standard InChI is InChI=1S/C19H28N2O3/c1-14(20-19(24)16-10-6-3-7-11-16)12-18(23)21-17(13-22)15-8-4-2-5-9-15/h2,4-5,8-9,14,16-17,22H,3,6-7,10-13H2,1H3,(H,20,24)(H,21,23). The van der Waals surface area contributed by atoms with Crippen LogP contribution in [-0.4, -0.2) is 29.6 Å². The third kappa shape index (κ3) is 5.64. The number of nitrogens with one attached hydrogen (secondary N) is 2. The number of benzene rings is 1. The molecule has 0 bridgehead atoms. The predicted octanol–water partition coefficient (Wildman–Crippen LogP) is 2.31. The second kappa shape index (κ2) is 9.42. The molecule has 1 aliphatic carbocycles. The molecule has 1 fully saturated rings. The zero-order chi connectivity index (χ0) is 17.4.